The van der Waals surface area contributed by atoms with Crippen LogP contribution in [0.5, 0.6) is 0 Å². The smallest absolute Gasteiger partial charge is 0.338 e. The summed E-state index contributed by atoms with van der Waals surface area (Å²) in [7, 11) is 0. The molecule has 1 aliphatic carbocycles. The van der Waals surface area contributed by atoms with Gasteiger partial charge in [-0.05, 0) is 30.6 Å². The van der Waals surface area contributed by atoms with Gasteiger partial charge in [-0.15, -0.1) is 0 Å². The Labute approximate surface area is 127 Å². The van der Waals surface area contributed by atoms with Crippen molar-refractivity contribution in [2.24, 2.45) is 17.8 Å². The van der Waals surface area contributed by atoms with Gasteiger partial charge in [0.05, 0.1) is 12.1 Å². The first kappa shape index (κ1) is 15.6. The molecule has 1 fully saturated rings. The van der Waals surface area contributed by atoms with Crippen LogP contribution >= 0.6 is 0 Å². The van der Waals surface area contributed by atoms with Crippen LogP contribution in [-0.2, 0) is 4.74 Å². The summed E-state index contributed by atoms with van der Waals surface area (Å²) in [6.45, 7) is 13.6. The number of hydrogen-bond donors (Lipinski definition) is 0. The third-order valence-corrected chi connectivity index (χ3v) is 4.45. The normalized spacial score (nSPS) is 25.4. The Morgan fingerprint density at radius 1 is 1.29 bits per heavy atom. The lowest BCUT2D eigenvalue weighted by Gasteiger charge is -2.36. The number of esters is 1. The average molecular weight is 285 g/mol. The lowest BCUT2D eigenvalue weighted by molar-refractivity contribution is -0.0174. The molecule has 3 atom stereocenters. The van der Waals surface area contributed by atoms with Gasteiger partial charge in [0.15, 0.2) is 5.69 Å². The quantitative estimate of drug-likeness (QED) is 0.587. The minimum atomic E-state index is -0.267. The van der Waals surface area contributed by atoms with E-state index < -0.39 is 0 Å². The topological polar surface area (TPSA) is 30.7 Å². The van der Waals surface area contributed by atoms with Crippen molar-refractivity contribution in [2.75, 3.05) is 0 Å². The van der Waals surface area contributed by atoms with Crippen LogP contribution in [0.15, 0.2) is 24.3 Å². The highest BCUT2D eigenvalue weighted by molar-refractivity contribution is 5.90. The summed E-state index contributed by atoms with van der Waals surface area (Å²) in [6, 6.07) is 6.67. The van der Waals surface area contributed by atoms with Crippen LogP contribution in [0.2, 0.25) is 0 Å². The highest BCUT2D eigenvalue weighted by Crippen LogP contribution is 2.35. The monoisotopic (exact) mass is 285 g/mol. The molecule has 2 rings (SSSR count). The summed E-state index contributed by atoms with van der Waals surface area (Å²) >= 11 is 0. The second-order valence-corrected chi connectivity index (χ2v) is 6.43. The fourth-order valence-corrected chi connectivity index (χ4v) is 3.13. The molecule has 0 saturated heterocycles. The maximum Gasteiger partial charge on any atom is 0.338 e. The lowest BCUT2D eigenvalue weighted by Crippen LogP contribution is -2.35. The van der Waals surface area contributed by atoms with Crippen molar-refractivity contribution < 1.29 is 9.53 Å². The fraction of sp³-hybridized carbons (Fsp3) is 0.556. The molecule has 0 heterocycles. The number of benzene rings is 1. The molecule has 0 aliphatic heterocycles. The molecule has 1 aliphatic rings. The number of hydrogen-bond acceptors (Lipinski definition) is 2. The first-order valence-electron chi connectivity index (χ1n) is 7.69. The van der Waals surface area contributed by atoms with Crippen molar-refractivity contribution in [1.29, 1.82) is 0 Å². The minimum absolute atomic E-state index is 0.0155. The molecule has 3 nitrogen and oxygen atoms in total. The van der Waals surface area contributed by atoms with E-state index in [1.165, 1.54) is 6.42 Å². The van der Waals surface area contributed by atoms with Gasteiger partial charge in [-0.1, -0.05) is 51.5 Å². The zero-order valence-corrected chi connectivity index (χ0v) is 13.0. The molecule has 1 aromatic rings. The van der Waals surface area contributed by atoms with E-state index in [1.54, 1.807) is 24.3 Å². The third kappa shape index (κ3) is 3.85. The fourth-order valence-electron chi connectivity index (χ4n) is 3.13. The Bertz CT molecular complexity index is 527. The number of carbonyl (C=O) groups is 1. The molecule has 0 N–H and O–H groups in total. The van der Waals surface area contributed by atoms with Crippen molar-refractivity contribution in [3.8, 4) is 0 Å². The maximum atomic E-state index is 12.3. The van der Waals surface area contributed by atoms with Crippen LogP contribution < -0.4 is 0 Å². The molecule has 0 aromatic heterocycles. The second-order valence-electron chi connectivity index (χ2n) is 6.43. The average Bonchev–Trinajstić information content (AvgIpc) is 2.47. The Hall–Kier alpha value is -1.82. The Morgan fingerprint density at radius 3 is 2.52 bits per heavy atom. The van der Waals surface area contributed by atoms with Crippen LogP contribution in [0.1, 0.15) is 50.4 Å². The molecule has 0 radical (unpaired) electrons. The van der Waals surface area contributed by atoms with Gasteiger partial charge in [0.1, 0.15) is 6.10 Å². The third-order valence-electron chi connectivity index (χ3n) is 4.45. The van der Waals surface area contributed by atoms with Gasteiger partial charge in [0.25, 0.3) is 0 Å². The summed E-state index contributed by atoms with van der Waals surface area (Å²) in [4.78, 5) is 15.6. The van der Waals surface area contributed by atoms with E-state index in [2.05, 4.69) is 25.6 Å². The van der Waals surface area contributed by atoms with Gasteiger partial charge < -0.3 is 4.74 Å². The van der Waals surface area contributed by atoms with E-state index in [9.17, 15) is 4.79 Å². The maximum absolute atomic E-state index is 12.3. The predicted octanol–water partition coefficient (Wildman–Crippen LogP) is 4.85. The van der Waals surface area contributed by atoms with E-state index >= 15 is 0 Å². The SMILES string of the molecule is [C-]#[N+]c1ccc(C(=O)O[C@@H]2C[C@@H](C)CC[C@@H]2C(C)C)cc1. The molecule has 0 amide bonds. The van der Waals surface area contributed by atoms with Gasteiger partial charge >= 0.3 is 5.97 Å². The lowest BCUT2D eigenvalue weighted by atomic mass is 9.75. The summed E-state index contributed by atoms with van der Waals surface area (Å²) in [6.07, 6.45) is 3.32. The Morgan fingerprint density at radius 2 is 1.95 bits per heavy atom. The van der Waals surface area contributed by atoms with Crippen LogP contribution in [-0.4, -0.2) is 12.1 Å². The zero-order chi connectivity index (χ0) is 15.4. The summed E-state index contributed by atoms with van der Waals surface area (Å²) in [5.41, 5.74) is 1.07. The number of rotatable bonds is 3. The number of carbonyl (C=O) groups excluding carboxylic acids is 1. The number of nitrogens with zero attached hydrogens (tertiary/aromatic N) is 1. The molecule has 1 aromatic carbocycles. The predicted molar refractivity (Wildman–Crippen MR) is 83.3 cm³/mol. The van der Waals surface area contributed by atoms with E-state index in [-0.39, 0.29) is 12.1 Å². The van der Waals surface area contributed by atoms with Gasteiger partial charge in [-0.2, -0.15) is 0 Å². The van der Waals surface area contributed by atoms with Crippen molar-refractivity contribution >= 4 is 11.7 Å². The van der Waals surface area contributed by atoms with Crippen LogP contribution in [0.25, 0.3) is 4.85 Å². The van der Waals surface area contributed by atoms with Crippen LogP contribution in [0.4, 0.5) is 5.69 Å². The first-order chi connectivity index (χ1) is 10.0. The van der Waals surface area contributed by atoms with E-state index in [0.29, 0.717) is 29.0 Å². The summed E-state index contributed by atoms with van der Waals surface area (Å²) in [5.74, 6) is 1.33. The Kier molecular flexibility index (Phi) is 5.01. The van der Waals surface area contributed by atoms with Crippen molar-refractivity contribution in [2.45, 2.75) is 46.1 Å². The minimum Gasteiger partial charge on any atom is -0.458 e. The van der Waals surface area contributed by atoms with E-state index in [0.717, 1.165) is 12.8 Å². The van der Waals surface area contributed by atoms with Crippen molar-refractivity contribution in [3.05, 3.63) is 41.2 Å². The summed E-state index contributed by atoms with van der Waals surface area (Å²) in [5, 5.41) is 0. The largest absolute Gasteiger partial charge is 0.458 e. The van der Waals surface area contributed by atoms with E-state index in [1.807, 2.05) is 0 Å². The van der Waals surface area contributed by atoms with Gasteiger partial charge in [-0.3, -0.25) is 0 Å². The highest BCUT2D eigenvalue weighted by atomic mass is 16.5. The zero-order valence-electron chi connectivity index (χ0n) is 13.0. The number of ether oxygens (including phenoxy) is 1. The van der Waals surface area contributed by atoms with Gasteiger partial charge in [0.2, 0.25) is 0 Å². The van der Waals surface area contributed by atoms with Gasteiger partial charge in [-0.25, -0.2) is 9.64 Å². The standard InChI is InChI=1S/C18H23NO2/c1-12(2)16-10-5-13(3)11-17(16)21-18(20)14-6-8-15(19-4)9-7-14/h6-9,12-13,16-17H,5,10-11H2,1-3H3/t13-,16+,17+/m0/s1. The molecule has 21 heavy (non-hydrogen) atoms. The highest BCUT2D eigenvalue weighted by Gasteiger charge is 2.33. The molecule has 0 bridgehead atoms. The van der Waals surface area contributed by atoms with Crippen molar-refractivity contribution in [1.82, 2.24) is 0 Å². The summed E-state index contributed by atoms with van der Waals surface area (Å²) < 4.78 is 5.78. The van der Waals surface area contributed by atoms with E-state index in [4.69, 9.17) is 11.3 Å². The molecule has 0 unspecified atom stereocenters. The molecule has 0 spiro atoms. The molecule has 112 valence electrons. The first-order valence-corrected chi connectivity index (χ1v) is 7.69. The second kappa shape index (κ2) is 6.76. The molecule has 1 saturated carbocycles. The Balaban J connectivity index is 2.07. The van der Waals surface area contributed by atoms with Gasteiger partial charge in [0, 0.05) is 0 Å². The molecular formula is C18H23NO2. The van der Waals surface area contributed by atoms with Crippen LogP contribution in [0, 0.1) is 24.3 Å². The van der Waals surface area contributed by atoms with Crippen molar-refractivity contribution in [3.63, 3.8) is 0 Å². The van der Waals surface area contributed by atoms with Crippen LogP contribution in [0.3, 0.4) is 0 Å². The molecule has 3 heteroatoms. The molecular weight excluding hydrogens is 262 g/mol.